The van der Waals surface area contributed by atoms with E-state index in [9.17, 15) is 4.79 Å². The third kappa shape index (κ3) is 4.84. The summed E-state index contributed by atoms with van der Waals surface area (Å²) in [7, 11) is 1.47. The second kappa shape index (κ2) is 8.32. The van der Waals surface area contributed by atoms with Crippen LogP contribution in [0.15, 0.2) is 35.2 Å². The molecule has 3 nitrogen and oxygen atoms in total. The number of thioether (sulfide) groups is 1. The lowest BCUT2D eigenvalue weighted by molar-refractivity contribution is -0.142. The molecule has 1 aromatic carbocycles. The van der Waals surface area contributed by atoms with Gasteiger partial charge in [-0.15, -0.1) is 11.8 Å². The van der Waals surface area contributed by atoms with E-state index in [4.69, 9.17) is 4.74 Å². The van der Waals surface area contributed by atoms with E-state index in [1.54, 1.807) is 0 Å². The minimum absolute atomic E-state index is 0.124. The second-order valence-electron chi connectivity index (χ2n) is 5.15. The van der Waals surface area contributed by atoms with Gasteiger partial charge in [0, 0.05) is 23.2 Å². The molecule has 1 fully saturated rings. The summed E-state index contributed by atoms with van der Waals surface area (Å²) in [6, 6.07) is 11.0. The van der Waals surface area contributed by atoms with Gasteiger partial charge >= 0.3 is 5.97 Å². The van der Waals surface area contributed by atoms with Crippen molar-refractivity contribution in [1.29, 1.82) is 0 Å². The van der Waals surface area contributed by atoms with Gasteiger partial charge < -0.3 is 4.74 Å². The second-order valence-corrected chi connectivity index (χ2v) is 6.31. The quantitative estimate of drug-likeness (QED) is 0.570. The normalized spacial score (nSPS) is 15.7. The Hall–Kier alpha value is -1.00. The molecule has 20 heavy (non-hydrogen) atoms. The number of esters is 1. The first-order chi connectivity index (χ1) is 9.79. The van der Waals surface area contributed by atoms with E-state index >= 15 is 0 Å². The van der Waals surface area contributed by atoms with E-state index in [-0.39, 0.29) is 5.97 Å². The SMILES string of the molecule is COC(=O)CN(CCSc1ccccc1)C1CCCC1. The first-order valence-electron chi connectivity index (χ1n) is 7.28. The summed E-state index contributed by atoms with van der Waals surface area (Å²) >= 11 is 1.85. The van der Waals surface area contributed by atoms with Crippen LogP contribution in [0.2, 0.25) is 0 Å². The van der Waals surface area contributed by atoms with Gasteiger partial charge in [0.1, 0.15) is 0 Å². The molecule has 0 heterocycles. The zero-order valence-corrected chi connectivity index (χ0v) is 12.9. The summed E-state index contributed by atoms with van der Waals surface area (Å²) in [4.78, 5) is 15.1. The average Bonchev–Trinajstić information content (AvgIpc) is 3.01. The maximum Gasteiger partial charge on any atom is 0.319 e. The summed E-state index contributed by atoms with van der Waals surface area (Å²) < 4.78 is 4.82. The summed E-state index contributed by atoms with van der Waals surface area (Å²) in [5.74, 6) is 0.888. The van der Waals surface area contributed by atoms with Gasteiger partial charge in [0.25, 0.3) is 0 Å². The van der Waals surface area contributed by atoms with E-state index in [2.05, 4.69) is 29.2 Å². The van der Waals surface area contributed by atoms with E-state index in [0.29, 0.717) is 12.6 Å². The number of benzene rings is 1. The standard InChI is InChI=1S/C16H23NO2S/c1-19-16(18)13-17(14-7-5-6-8-14)11-12-20-15-9-3-2-4-10-15/h2-4,9-10,14H,5-8,11-13H2,1H3. The van der Waals surface area contributed by atoms with Crippen LogP contribution in [0.4, 0.5) is 0 Å². The van der Waals surface area contributed by atoms with Gasteiger partial charge in [0.05, 0.1) is 13.7 Å². The topological polar surface area (TPSA) is 29.5 Å². The number of hydrogen-bond acceptors (Lipinski definition) is 4. The lowest BCUT2D eigenvalue weighted by Crippen LogP contribution is -2.39. The summed E-state index contributed by atoms with van der Waals surface area (Å²) in [5, 5.41) is 0. The molecule has 0 N–H and O–H groups in total. The van der Waals surface area contributed by atoms with Gasteiger partial charge in [-0.3, -0.25) is 9.69 Å². The molecule has 0 aromatic heterocycles. The molecule has 0 unspecified atom stereocenters. The highest BCUT2D eigenvalue weighted by molar-refractivity contribution is 7.99. The highest BCUT2D eigenvalue weighted by atomic mass is 32.2. The molecule has 0 atom stereocenters. The van der Waals surface area contributed by atoms with Gasteiger partial charge in [-0.25, -0.2) is 0 Å². The van der Waals surface area contributed by atoms with Crippen molar-refractivity contribution in [2.24, 2.45) is 0 Å². The molecule has 0 bridgehead atoms. The molecule has 1 aliphatic carbocycles. The predicted octanol–water partition coefficient (Wildman–Crippen LogP) is 3.20. The monoisotopic (exact) mass is 293 g/mol. The zero-order chi connectivity index (χ0) is 14.2. The molecule has 110 valence electrons. The van der Waals surface area contributed by atoms with Crippen LogP contribution in [0.25, 0.3) is 0 Å². The maximum absolute atomic E-state index is 11.5. The fourth-order valence-corrected chi connectivity index (χ4v) is 3.60. The predicted molar refractivity (Wildman–Crippen MR) is 83.0 cm³/mol. The van der Waals surface area contributed by atoms with Crippen LogP contribution in [0.5, 0.6) is 0 Å². The number of nitrogens with zero attached hydrogens (tertiary/aromatic N) is 1. The molecule has 0 aliphatic heterocycles. The average molecular weight is 293 g/mol. The molecule has 0 spiro atoms. The maximum atomic E-state index is 11.5. The van der Waals surface area contributed by atoms with Gasteiger partial charge in [-0.05, 0) is 25.0 Å². The molecule has 4 heteroatoms. The van der Waals surface area contributed by atoms with Gasteiger partial charge in [0.2, 0.25) is 0 Å². The van der Waals surface area contributed by atoms with Gasteiger partial charge in [-0.1, -0.05) is 31.0 Å². The third-order valence-electron chi connectivity index (χ3n) is 3.79. The molecule has 0 radical (unpaired) electrons. The summed E-state index contributed by atoms with van der Waals surface area (Å²) in [5.41, 5.74) is 0. The van der Waals surface area contributed by atoms with Crippen LogP contribution >= 0.6 is 11.8 Å². The molecular weight excluding hydrogens is 270 g/mol. The highest BCUT2D eigenvalue weighted by Gasteiger charge is 2.24. The zero-order valence-electron chi connectivity index (χ0n) is 12.1. The highest BCUT2D eigenvalue weighted by Crippen LogP contribution is 2.24. The summed E-state index contributed by atoms with van der Waals surface area (Å²) in [6.07, 6.45) is 5.00. The first-order valence-corrected chi connectivity index (χ1v) is 8.27. The Labute approximate surface area is 125 Å². The van der Waals surface area contributed by atoms with Crippen molar-refractivity contribution in [2.75, 3.05) is 26.0 Å². The van der Waals surface area contributed by atoms with Crippen LogP contribution in [0, 0.1) is 0 Å². The van der Waals surface area contributed by atoms with Crippen molar-refractivity contribution in [3.05, 3.63) is 30.3 Å². The largest absolute Gasteiger partial charge is 0.468 e. The number of hydrogen-bond donors (Lipinski definition) is 0. The van der Waals surface area contributed by atoms with Crippen LogP contribution < -0.4 is 0 Å². The van der Waals surface area contributed by atoms with Crippen molar-refractivity contribution in [1.82, 2.24) is 4.90 Å². The van der Waals surface area contributed by atoms with Crippen LogP contribution in [0.1, 0.15) is 25.7 Å². The number of rotatable bonds is 7. The van der Waals surface area contributed by atoms with Crippen LogP contribution in [-0.2, 0) is 9.53 Å². The van der Waals surface area contributed by atoms with Crippen molar-refractivity contribution >= 4 is 17.7 Å². The molecule has 0 saturated heterocycles. The minimum Gasteiger partial charge on any atom is -0.468 e. The molecule has 1 saturated carbocycles. The fourth-order valence-electron chi connectivity index (χ4n) is 2.69. The number of methoxy groups -OCH3 is 1. The molecule has 2 rings (SSSR count). The fraction of sp³-hybridized carbons (Fsp3) is 0.562. The first kappa shape index (κ1) is 15.4. The smallest absolute Gasteiger partial charge is 0.319 e. The van der Waals surface area contributed by atoms with Crippen LogP contribution in [0.3, 0.4) is 0 Å². The van der Waals surface area contributed by atoms with E-state index in [0.717, 1.165) is 12.3 Å². The Bertz CT molecular complexity index is 404. The Morgan fingerprint density at radius 2 is 2.00 bits per heavy atom. The van der Waals surface area contributed by atoms with Gasteiger partial charge in [0.15, 0.2) is 0 Å². The molecule has 0 amide bonds. The summed E-state index contributed by atoms with van der Waals surface area (Å²) in [6.45, 7) is 1.37. The lowest BCUT2D eigenvalue weighted by Gasteiger charge is -2.27. The number of carbonyl (C=O) groups is 1. The van der Waals surface area contributed by atoms with Crippen LogP contribution in [-0.4, -0.2) is 42.9 Å². The Kier molecular flexibility index (Phi) is 6.40. The van der Waals surface area contributed by atoms with Crippen molar-refractivity contribution in [2.45, 2.75) is 36.6 Å². The Morgan fingerprint density at radius 3 is 2.65 bits per heavy atom. The number of ether oxygens (including phenoxy) is 1. The molecule has 1 aliphatic rings. The molecule has 1 aromatic rings. The Balaban J connectivity index is 1.82. The molecular formula is C16H23NO2S. The van der Waals surface area contributed by atoms with Crippen molar-refractivity contribution < 1.29 is 9.53 Å². The van der Waals surface area contributed by atoms with Crippen molar-refractivity contribution in [3.63, 3.8) is 0 Å². The Morgan fingerprint density at radius 1 is 1.30 bits per heavy atom. The van der Waals surface area contributed by atoms with E-state index < -0.39 is 0 Å². The van der Waals surface area contributed by atoms with Crippen molar-refractivity contribution in [3.8, 4) is 0 Å². The van der Waals surface area contributed by atoms with Gasteiger partial charge in [-0.2, -0.15) is 0 Å². The van der Waals surface area contributed by atoms with E-state index in [1.165, 1.54) is 37.7 Å². The van der Waals surface area contributed by atoms with E-state index in [1.807, 2.05) is 17.8 Å². The minimum atomic E-state index is -0.124. The third-order valence-corrected chi connectivity index (χ3v) is 4.78. The lowest BCUT2D eigenvalue weighted by atomic mass is 10.2. The number of carbonyl (C=O) groups excluding carboxylic acids is 1.